The summed E-state index contributed by atoms with van der Waals surface area (Å²) in [4.78, 5) is 0. The van der Waals surface area contributed by atoms with Crippen LogP contribution in [0.15, 0.2) is 12.1 Å². The molecule has 1 aromatic rings. The van der Waals surface area contributed by atoms with Gasteiger partial charge < -0.3 is 9.47 Å². The van der Waals surface area contributed by atoms with E-state index in [1.807, 2.05) is 19.9 Å². The Morgan fingerprint density at radius 1 is 1.14 bits per heavy atom. The molecule has 0 aliphatic heterocycles. The summed E-state index contributed by atoms with van der Waals surface area (Å²) in [6, 6.07) is 3.68. The molecular weight excluding hydrogens is 314 g/mol. The Hall–Kier alpha value is -0.160. The Morgan fingerprint density at radius 2 is 1.71 bits per heavy atom. The zero-order valence-electron chi connectivity index (χ0n) is 8.14. The number of benzene rings is 1. The van der Waals surface area contributed by atoms with Crippen molar-refractivity contribution in [1.29, 1.82) is 0 Å². The fraction of sp³-hybridized carbons (Fsp3) is 0.400. The van der Waals surface area contributed by atoms with Gasteiger partial charge in [0.2, 0.25) is 0 Å². The van der Waals surface area contributed by atoms with Crippen molar-refractivity contribution in [1.82, 2.24) is 0 Å². The zero-order valence-corrected chi connectivity index (χ0v) is 11.1. The average molecular weight is 327 g/mol. The molecule has 2 nitrogen and oxygen atoms in total. The second-order valence-electron chi connectivity index (χ2n) is 2.58. The highest BCUT2D eigenvalue weighted by Crippen LogP contribution is 2.33. The Bertz CT molecular complexity index is 283. The van der Waals surface area contributed by atoms with Gasteiger partial charge in [-0.3, -0.25) is 0 Å². The Labute approximate surface area is 103 Å². The first-order valence-corrected chi connectivity index (χ1v) is 5.89. The molecule has 1 aromatic carbocycles. The van der Waals surface area contributed by atoms with E-state index in [4.69, 9.17) is 21.1 Å². The molecular formula is C10H12ClIO2. The van der Waals surface area contributed by atoms with Gasteiger partial charge in [0.15, 0.2) is 0 Å². The Kier molecular flexibility index (Phi) is 4.81. The lowest BCUT2D eigenvalue weighted by molar-refractivity contribution is 0.328. The molecule has 78 valence electrons. The number of halogens is 2. The van der Waals surface area contributed by atoms with E-state index in [0.29, 0.717) is 24.0 Å². The fourth-order valence-electron chi connectivity index (χ4n) is 1.04. The first kappa shape index (κ1) is 11.9. The van der Waals surface area contributed by atoms with Crippen molar-refractivity contribution in [2.24, 2.45) is 0 Å². The van der Waals surface area contributed by atoms with Crippen LogP contribution in [0.25, 0.3) is 0 Å². The van der Waals surface area contributed by atoms with Crippen LogP contribution >= 0.6 is 34.2 Å². The van der Waals surface area contributed by atoms with Gasteiger partial charge in [0.05, 0.1) is 21.8 Å². The van der Waals surface area contributed by atoms with Crippen LogP contribution in [0.4, 0.5) is 0 Å². The topological polar surface area (TPSA) is 18.5 Å². The van der Waals surface area contributed by atoms with Gasteiger partial charge in [-0.1, -0.05) is 11.6 Å². The van der Waals surface area contributed by atoms with E-state index in [0.717, 1.165) is 9.32 Å². The fourth-order valence-corrected chi connectivity index (χ4v) is 1.85. The van der Waals surface area contributed by atoms with E-state index >= 15 is 0 Å². The van der Waals surface area contributed by atoms with Crippen molar-refractivity contribution >= 4 is 34.2 Å². The number of hydrogen-bond acceptors (Lipinski definition) is 2. The normalized spacial score (nSPS) is 10.0. The smallest absolute Gasteiger partial charge is 0.139 e. The molecule has 0 aromatic heterocycles. The van der Waals surface area contributed by atoms with Crippen LogP contribution in [-0.4, -0.2) is 13.2 Å². The molecule has 0 atom stereocenters. The first-order valence-electron chi connectivity index (χ1n) is 4.43. The van der Waals surface area contributed by atoms with E-state index < -0.39 is 0 Å². The van der Waals surface area contributed by atoms with Gasteiger partial charge in [0.1, 0.15) is 11.5 Å². The molecule has 1 rings (SSSR count). The minimum atomic E-state index is 0.593. The molecule has 0 saturated carbocycles. The molecule has 0 radical (unpaired) electrons. The summed E-state index contributed by atoms with van der Waals surface area (Å²) in [5.74, 6) is 1.52. The van der Waals surface area contributed by atoms with Crippen molar-refractivity contribution in [3.8, 4) is 11.5 Å². The summed E-state index contributed by atoms with van der Waals surface area (Å²) in [7, 11) is 0. The third kappa shape index (κ3) is 2.92. The van der Waals surface area contributed by atoms with Gasteiger partial charge in [-0.2, -0.15) is 0 Å². The molecule has 0 saturated heterocycles. The highest BCUT2D eigenvalue weighted by Gasteiger charge is 2.08. The summed E-state index contributed by atoms with van der Waals surface area (Å²) in [6.45, 7) is 5.13. The lowest BCUT2D eigenvalue weighted by atomic mass is 10.3. The van der Waals surface area contributed by atoms with Gasteiger partial charge in [0, 0.05) is 6.07 Å². The summed E-state index contributed by atoms with van der Waals surface area (Å²) < 4.78 is 11.8. The van der Waals surface area contributed by atoms with E-state index in [1.54, 1.807) is 6.07 Å². The standard InChI is InChI=1S/C10H12ClIO2/c1-3-13-9-6-8(12)10(14-4-2)5-7(9)11/h5-6H,3-4H2,1-2H3. The lowest BCUT2D eigenvalue weighted by Gasteiger charge is -2.10. The van der Waals surface area contributed by atoms with Crippen molar-refractivity contribution in [2.45, 2.75) is 13.8 Å². The van der Waals surface area contributed by atoms with Crippen LogP contribution in [0.5, 0.6) is 11.5 Å². The van der Waals surface area contributed by atoms with Gasteiger partial charge in [-0.05, 0) is 42.5 Å². The van der Waals surface area contributed by atoms with Gasteiger partial charge in [-0.25, -0.2) is 0 Å². The molecule has 0 amide bonds. The number of ether oxygens (including phenoxy) is 2. The number of rotatable bonds is 4. The molecule has 0 aliphatic rings. The van der Waals surface area contributed by atoms with E-state index in [-0.39, 0.29) is 0 Å². The molecule has 0 heterocycles. The average Bonchev–Trinajstić information content (AvgIpc) is 2.14. The predicted octanol–water partition coefficient (Wildman–Crippen LogP) is 3.74. The summed E-state index contributed by atoms with van der Waals surface area (Å²) in [5.41, 5.74) is 0. The second kappa shape index (κ2) is 5.66. The molecule has 0 bridgehead atoms. The van der Waals surface area contributed by atoms with Gasteiger partial charge in [-0.15, -0.1) is 0 Å². The molecule has 0 fully saturated rings. The maximum Gasteiger partial charge on any atom is 0.139 e. The summed E-state index contributed by atoms with van der Waals surface area (Å²) in [6.07, 6.45) is 0. The van der Waals surface area contributed by atoms with Crippen LogP contribution in [-0.2, 0) is 0 Å². The van der Waals surface area contributed by atoms with Crippen molar-refractivity contribution in [2.75, 3.05) is 13.2 Å². The largest absolute Gasteiger partial charge is 0.493 e. The SMILES string of the molecule is CCOc1cc(I)c(OCC)cc1Cl. The maximum absolute atomic E-state index is 6.01. The van der Waals surface area contributed by atoms with Crippen molar-refractivity contribution in [3.63, 3.8) is 0 Å². The van der Waals surface area contributed by atoms with Crippen LogP contribution in [0.3, 0.4) is 0 Å². The maximum atomic E-state index is 6.01. The summed E-state index contributed by atoms with van der Waals surface area (Å²) in [5, 5.41) is 0.593. The third-order valence-corrected chi connectivity index (χ3v) is 2.72. The highest BCUT2D eigenvalue weighted by atomic mass is 127. The zero-order chi connectivity index (χ0) is 10.6. The van der Waals surface area contributed by atoms with Gasteiger partial charge >= 0.3 is 0 Å². The third-order valence-electron chi connectivity index (χ3n) is 1.59. The Morgan fingerprint density at radius 3 is 2.29 bits per heavy atom. The monoisotopic (exact) mass is 326 g/mol. The molecule has 0 N–H and O–H groups in total. The molecule has 4 heteroatoms. The minimum absolute atomic E-state index is 0.593. The minimum Gasteiger partial charge on any atom is -0.493 e. The van der Waals surface area contributed by atoms with Crippen LogP contribution in [0.1, 0.15) is 13.8 Å². The second-order valence-corrected chi connectivity index (χ2v) is 4.15. The van der Waals surface area contributed by atoms with E-state index in [9.17, 15) is 0 Å². The van der Waals surface area contributed by atoms with Crippen molar-refractivity contribution < 1.29 is 9.47 Å². The van der Waals surface area contributed by atoms with E-state index in [2.05, 4.69) is 22.6 Å². The number of hydrogen-bond donors (Lipinski definition) is 0. The first-order chi connectivity index (χ1) is 6.69. The lowest BCUT2D eigenvalue weighted by Crippen LogP contribution is -1.97. The van der Waals surface area contributed by atoms with Crippen LogP contribution in [0.2, 0.25) is 5.02 Å². The van der Waals surface area contributed by atoms with Gasteiger partial charge in [0.25, 0.3) is 0 Å². The molecule has 0 spiro atoms. The molecule has 0 unspecified atom stereocenters. The quantitative estimate of drug-likeness (QED) is 0.785. The van der Waals surface area contributed by atoms with Crippen molar-refractivity contribution in [3.05, 3.63) is 20.7 Å². The highest BCUT2D eigenvalue weighted by molar-refractivity contribution is 14.1. The van der Waals surface area contributed by atoms with Crippen LogP contribution < -0.4 is 9.47 Å². The Balaban J connectivity index is 2.97. The molecule has 14 heavy (non-hydrogen) atoms. The van der Waals surface area contributed by atoms with E-state index in [1.165, 1.54) is 0 Å². The van der Waals surface area contributed by atoms with Crippen LogP contribution in [0, 0.1) is 3.57 Å². The summed E-state index contributed by atoms with van der Waals surface area (Å²) >= 11 is 8.21. The molecule has 0 aliphatic carbocycles. The predicted molar refractivity (Wildman–Crippen MR) is 66.5 cm³/mol.